The Hall–Kier alpha value is -5.15. The number of hydrogen-bond donors (Lipinski definition) is 2. The predicted octanol–water partition coefficient (Wildman–Crippen LogP) is 21.0. The topological polar surface area (TPSA) is 134 Å². The summed E-state index contributed by atoms with van der Waals surface area (Å²) in [6.45, 7) is 3.44. The van der Waals surface area contributed by atoms with E-state index in [4.69, 9.17) is 24.3 Å². The maximum Gasteiger partial charge on any atom is 0.472 e. The Morgan fingerprint density at radius 2 is 0.627 bits per heavy atom. The maximum absolute atomic E-state index is 12.7. The molecule has 0 aliphatic carbocycles. The molecule has 0 saturated carbocycles. The SMILES string of the molecule is CC/C=C\C/C=C\C/C=C\C/C=C\C/C=C\C/C=C\C/C=C\C/C=C\C/C=C\C/C=C\C/C=C\C/C=C\CCCCC(=O)OC(COC(=O)CCCCCCCCCCCC/C=C\C/C=C\C/C=C\C/C=C\CC)COP(=O)(O)OCCN. The summed E-state index contributed by atoms with van der Waals surface area (Å²) in [5, 5.41) is 0. The molecule has 0 saturated heterocycles. The Kier molecular flexibility index (Phi) is 61.9. The molecular weight excluding hydrogens is 1050 g/mol. The van der Waals surface area contributed by atoms with Gasteiger partial charge in [0.1, 0.15) is 6.61 Å². The summed E-state index contributed by atoms with van der Waals surface area (Å²) in [4.78, 5) is 35.2. The molecule has 0 spiro atoms. The molecule has 9 nitrogen and oxygen atoms in total. The molecule has 0 amide bonds. The van der Waals surface area contributed by atoms with Crippen LogP contribution in [0.15, 0.2) is 194 Å². The molecule has 0 fully saturated rings. The van der Waals surface area contributed by atoms with E-state index in [2.05, 4.69) is 208 Å². The molecule has 2 unspecified atom stereocenters. The van der Waals surface area contributed by atoms with E-state index in [0.29, 0.717) is 12.8 Å². The Morgan fingerprint density at radius 1 is 0.361 bits per heavy atom. The van der Waals surface area contributed by atoms with Gasteiger partial charge in [0.05, 0.1) is 13.2 Å². The normalized spacial score (nSPS) is 14.3. The smallest absolute Gasteiger partial charge is 0.462 e. The largest absolute Gasteiger partial charge is 0.472 e. The summed E-state index contributed by atoms with van der Waals surface area (Å²) >= 11 is 0. The van der Waals surface area contributed by atoms with Gasteiger partial charge in [-0.3, -0.25) is 18.6 Å². The molecule has 464 valence electrons. The van der Waals surface area contributed by atoms with E-state index < -0.39 is 32.5 Å². The Labute approximate surface area is 506 Å². The fraction of sp³-hybridized carbons (Fsp3) is 0.534. The first-order valence-corrected chi connectivity index (χ1v) is 33.4. The van der Waals surface area contributed by atoms with Crippen LogP contribution in [0.3, 0.4) is 0 Å². The molecule has 0 aromatic rings. The van der Waals surface area contributed by atoms with E-state index in [0.717, 1.165) is 141 Å². The maximum atomic E-state index is 12.7. The van der Waals surface area contributed by atoms with Gasteiger partial charge >= 0.3 is 19.8 Å². The van der Waals surface area contributed by atoms with E-state index >= 15 is 0 Å². The first-order valence-electron chi connectivity index (χ1n) is 31.9. The fourth-order valence-electron chi connectivity index (χ4n) is 7.84. The third-order valence-electron chi connectivity index (χ3n) is 12.5. The first kappa shape index (κ1) is 77.9. The number of hydrogen-bond acceptors (Lipinski definition) is 8. The molecule has 0 rings (SSSR count). The molecule has 0 aliphatic rings. The van der Waals surface area contributed by atoms with Gasteiger partial charge in [0.25, 0.3) is 0 Å². The third-order valence-corrected chi connectivity index (χ3v) is 13.5. The highest BCUT2D eigenvalue weighted by Crippen LogP contribution is 2.43. The second-order valence-electron chi connectivity index (χ2n) is 20.2. The van der Waals surface area contributed by atoms with Gasteiger partial charge in [-0.05, 0) is 141 Å². The Bertz CT molecular complexity index is 2060. The van der Waals surface area contributed by atoms with Crippen LogP contribution in [0.4, 0.5) is 0 Å². The van der Waals surface area contributed by atoms with Crippen LogP contribution in [0, 0.1) is 0 Å². The van der Waals surface area contributed by atoms with Crippen molar-refractivity contribution in [3.8, 4) is 0 Å². The van der Waals surface area contributed by atoms with Crippen LogP contribution in [0.2, 0.25) is 0 Å². The van der Waals surface area contributed by atoms with Crippen LogP contribution < -0.4 is 5.73 Å². The molecule has 0 heterocycles. The van der Waals surface area contributed by atoms with E-state index in [1.807, 2.05) is 0 Å². The summed E-state index contributed by atoms with van der Waals surface area (Å²) < 4.78 is 33.0. The molecule has 3 N–H and O–H groups in total. The second-order valence-corrected chi connectivity index (χ2v) is 21.6. The number of unbranched alkanes of at least 4 members (excludes halogenated alkanes) is 12. The minimum absolute atomic E-state index is 0.0348. The van der Waals surface area contributed by atoms with E-state index in [-0.39, 0.29) is 32.6 Å². The molecule has 0 aliphatic heterocycles. The summed E-state index contributed by atoms with van der Waals surface area (Å²) in [6, 6.07) is 0. The predicted molar refractivity (Wildman–Crippen MR) is 357 cm³/mol. The van der Waals surface area contributed by atoms with Gasteiger partial charge in [-0.15, -0.1) is 0 Å². The van der Waals surface area contributed by atoms with E-state index in [1.54, 1.807) is 0 Å². The summed E-state index contributed by atoms with van der Waals surface area (Å²) in [5.41, 5.74) is 5.38. The molecule has 2 atom stereocenters. The quantitative estimate of drug-likeness (QED) is 0.0264. The van der Waals surface area contributed by atoms with Crippen molar-refractivity contribution in [3.05, 3.63) is 194 Å². The highest BCUT2D eigenvalue weighted by atomic mass is 31.2. The van der Waals surface area contributed by atoms with Crippen molar-refractivity contribution >= 4 is 19.8 Å². The van der Waals surface area contributed by atoms with Crippen molar-refractivity contribution in [2.45, 2.75) is 225 Å². The molecular formula is C73H114NO8P. The lowest BCUT2D eigenvalue weighted by Gasteiger charge is -2.19. The number of allylic oxidation sites excluding steroid dienone is 32. The monoisotopic (exact) mass is 1160 g/mol. The molecule has 0 radical (unpaired) electrons. The number of esters is 2. The van der Waals surface area contributed by atoms with Gasteiger partial charge in [0.15, 0.2) is 6.10 Å². The van der Waals surface area contributed by atoms with Crippen molar-refractivity contribution in [2.75, 3.05) is 26.4 Å². The highest BCUT2D eigenvalue weighted by molar-refractivity contribution is 7.47. The minimum atomic E-state index is -4.42. The standard InChI is InChI=1S/C73H114NO8P/c1-3-5-7-9-11-13-15-17-19-21-23-25-27-28-29-30-31-32-33-34-35-36-37-38-39-40-41-42-44-46-48-50-52-54-56-58-60-62-64-66-73(76)82-71(70-81-83(77,78)80-68-67-74)69-79-72(75)65-63-61-59-57-55-53-51-49-47-45-43-26-24-22-20-18-16-14-12-10-8-6-4-2/h5-8,11-14,17-20,23-26,28-29,31-32,34-35,37-38,40-41,44,46,50,52,56,58,71H,3-4,9-10,15-16,21-22,27,30,33,36,39,42-43,45,47-49,51,53-55,57,59-70,74H2,1-2H3,(H,77,78)/b7-5-,8-6-,13-11-,14-12-,19-17-,20-18-,25-23-,26-24-,29-28-,32-31-,35-34-,38-37-,41-40-,46-44-,52-50-,58-56-. The first-order chi connectivity index (χ1) is 40.8. The summed E-state index contributed by atoms with van der Waals surface area (Å²) in [6.07, 6.45) is 101. The Morgan fingerprint density at radius 3 is 0.952 bits per heavy atom. The van der Waals surface area contributed by atoms with Crippen molar-refractivity contribution < 1.29 is 37.6 Å². The summed E-state index contributed by atoms with van der Waals surface area (Å²) in [5.74, 6) is -0.899. The van der Waals surface area contributed by atoms with Crippen LogP contribution >= 0.6 is 7.82 Å². The number of phosphoric ester groups is 1. The van der Waals surface area contributed by atoms with Gasteiger partial charge in [0.2, 0.25) is 0 Å². The zero-order valence-corrected chi connectivity index (χ0v) is 52.7. The van der Waals surface area contributed by atoms with E-state index in [1.165, 1.54) is 38.5 Å². The average molecular weight is 1160 g/mol. The zero-order chi connectivity index (χ0) is 60.1. The fourth-order valence-corrected chi connectivity index (χ4v) is 8.61. The average Bonchev–Trinajstić information content (AvgIpc) is 3.48. The lowest BCUT2D eigenvalue weighted by molar-refractivity contribution is -0.161. The molecule has 0 aromatic carbocycles. The van der Waals surface area contributed by atoms with Crippen LogP contribution in [0.5, 0.6) is 0 Å². The highest BCUT2D eigenvalue weighted by Gasteiger charge is 2.26. The van der Waals surface area contributed by atoms with Crippen LogP contribution in [-0.4, -0.2) is 49.3 Å². The number of rotatable bonds is 57. The second kappa shape index (κ2) is 66.0. The number of carbonyl (C=O) groups is 2. The van der Waals surface area contributed by atoms with Crippen LogP contribution in [-0.2, 0) is 32.7 Å². The molecule has 0 bridgehead atoms. The van der Waals surface area contributed by atoms with Gasteiger partial charge in [-0.2, -0.15) is 0 Å². The Balaban J connectivity index is 4.11. The van der Waals surface area contributed by atoms with Gasteiger partial charge in [-0.1, -0.05) is 260 Å². The van der Waals surface area contributed by atoms with Crippen molar-refractivity contribution in [1.82, 2.24) is 0 Å². The van der Waals surface area contributed by atoms with Crippen molar-refractivity contribution in [3.63, 3.8) is 0 Å². The zero-order valence-electron chi connectivity index (χ0n) is 51.8. The number of nitrogens with two attached hydrogens (primary N) is 1. The number of phosphoric acid groups is 1. The number of ether oxygens (including phenoxy) is 2. The van der Waals surface area contributed by atoms with Crippen LogP contribution in [0.25, 0.3) is 0 Å². The molecule has 83 heavy (non-hydrogen) atoms. The van der Waals surface area contributed by atoms with Crippen LogP contribution in [0.1, 0.15) is 219 Å². The lowest BCUT2D eigenvalue weighted by atomic mass is 10.1. The van der Waals surface area contributed by atoms with Gasteiger partial charge in [-0.25, -0.2) is 4.57 Å². The lowest BCUT2D eigenvalue weighted by Crippen LogP contribution is -2.29. The van der Waals surface area contributed by atoms with Gasteiger partial charge < -0.3 is 20.1 Å². The van der Waals surface area contributed by atoms with Gasteiger partial charge in [0, 0.05) is 19.4 Å². The minimum Gasteiger partial charge on any atom is -0.462 e. The third kappa shape index (κ3) is 65.9. The van der Waals surface area contributed by atoms with Crippen molar-refractivity contribution in [2.24, 2.45) is 5.73 Å². The number of carbonyl (C=O) groups excluding carboxylic acids is 2. The van der Waals surface area contributed by atoms with Crippen molar-refractivity contribution in [1.29, 1.82) is 0 Å². The molecule has 0 aromatic heterocycles. The van der Waals surface area contributed by atoms with E-state index in [9.17, 15) is 19.0 Å². The summed E-state index contributed by atoms with van der Waals surface area (Å²) in [7, 11) is -4.42. The molecule has 10 heteroatoms.